The van der Waals surface area contributed by atoms with Crippen LogP contribution in [0.4, 0.5) is 26.3 Å². The predicted molar refractivity (Wildman–Crippen MR) is 196 cm³/mol. The fourth-order valence-electron chi connectivity index (χ4n) is 8.60. The normalized spacial score (nSPS) is 23.5. The van der Waals surface area contributed by atoms with Crippen LogP contribution in [0.25, 0.3) is 0 Å². The Morgan fingerprint density at radius 3 is 2.53 bits per heavy atom. The third-order valence-corrected chi connectivity index (χ3v) is 12.2. The maximum Gasteiger partial charge on any atom is 0.425 e. The molecule has 4 atom stereocenters. The van der Waals surface area contributed by atoms with Crippen molar-refractivity contribution in [2.45, 2.75) is 101 Å². The largest absolute Gasteiger partial charge is 0.474 e. The summed E-state index contributed by atoms with van der Waals surface area (Å²) >= 11 is 6.95. The Labute approximate surface area is 325 Å². The average molecular weight is 815 g/mol. The van der Waals surface area contributed by atoms with Crippen molar-refractivity contribution in [2.75, 3.05) is 39.9 Å². The Morgan fingerprint density at radius 2 is 1.82 bits per heavy atom. The van der Waals surface area contributed by atoms with Gasteiger partial charge in [0.2, 0.25) is 5.60 Å². The first kappa shape index (κ1) is 41.2. The molecule has 0 radical (unpaired) electrons. The Bertz CT molecular complexity index is 1820. The molecule has 3 aliphatic heterocycles. The first-order valence-corrected chi connectivity index (χ1v) is 19.9. The number of ether oxygens (including phenoxy) is 2. The van der Waals surface area contributed by atoms with Gasteiger partial charge in [0.25, 0.3) is 11.8 Å². The number of carbonyl (C=O) groups excluding carboxylic acids is 2. The minimum Gasteiger partial charge on any atom is -0.474 e. The van der Waals surface area contributed by atoms with Crippen LogP contribution in [0, 0.1) is 0 Å². The summed E-state index contributed by atoms with van der Waals surface area (Å²) < 4.78 is 96.0. The van der Waals surface area contributed by atoms with E-state index in [-0.39, 0.29) is 44.1 Å². The summed E-state index contributed by atoms with van der Waals surface area (Å²) in [6.45, 7) is 4.34. The average Bonchev–Trinajstić information content (AvgIpc) is 3.81. The summed E-state index contributed by atoms with van der Waals surface area (Å²) in [6.07, 6.45) is -4.02. The van der Waals surface area contributed by atoms with E-state index in [2.05, 4.69) is 9.88 Å². The van der Waals surface area contributed by atoms with Gasteiger partial charge in [-0.15, -0.1) is 11.3 Å². The third kappa shape index (κ3) is 8.79. The molecule has 0 saturated carbocycles. The quantitative estimate of drug-likeness (QED) is 0.170. The molecule has 8 nitrogen and oxygen atoms in total. The van der Waals surface area contributed by atoms with Crippen molar-refractivity contribution in [1.82, 2.24) is 19.7 Å². The van der Waals surface area contributed by atoms with Gasteiger partial charge < -0.3 is 19.3 Å². The molecule has 5 heterocycles. The topological polar surface area (TPSA) is 75.2 Å². The number of thiophene rings is 1. The zero-order valence-electron chi connectivity index (χ0n) is 30.7. The number of hydrogen-bond acceptors (Lipinski definition) is 7. The van der Waals surface area contributed by atoms with Crippen LogP contribution < -0.4 is 4.74 Å². The third-order valence-electron chi connectivity index (χ3n) is 11.0. The molecule has 0 N–H and O–H groups in total. The molecule has 0 spiro atoms. The molecule has 0 aliphatic carbocycles. The summed E-state index contributed by atoms with van der Waals surface area (Å²) in [5, 5.41) is 1.66. The van der Waals surface area contributed by atoms with Gasteiger partial charge >= 0.3 is 12.4 Å². The Kier molecular flexibility index (Phi) is 12.7. The van der Waals surface area contributed by atoms with Crippen molar-refractivity contribution in [1.29, 1.82) is 0 Å². The summed E-state index contributed by atoms with van der Waals surface area (Å²) in [4.78, 5) is 38.0. The first-order chi connectivity index (χ1) is 26.2. The highest BCUT2D eigenvalue weighted by atomic mass is 35.5. The maximum absolute atomic E-state index is 15.5. The van der Waals surface area contributed by atoms with E-state index in [9.17, 15) is 31.1 Å². The number of hydrogen-bond donors (Lipinski definition) is 0. The summed E-state index contributed by atoms with van der Waals surface area (Å²) in [5.74, 6) is -1.77. The van der Waals surface area contributed by atoms with E-state index in [0.717, 1.165) is 61.5 Å². The van der Waals surface area contributed by atoms with Crippen LogP contribution in [-0.2, 0) is 28.3 Å². The van der Waals surface area contributed by atoms with Gasteiger partial charge in [0.15, 0.2) is 0 Å². The second-order valence-electron chi connectivity index (χ2n) is 14.5. The van der Waals surface area contributed by atoms with Gasteiger partial charge in [0, 0.05) is 55.3 Å². The van der Waals surface area contributed by atoms with Crippen molar-refractivity contribution >= 4 is 34.8 Å². The molecule has 2 aromatic heterocycles. The SMILES string of the molecule is CCC[C@H]1N(C(=O)c2ncccc2C(F)(F)F)CCC[C@@]1(Oc1csc(C(F)(F)F)c1)C(=O)N1CCc2ccc(Cl)cc2[C@@H]1CCCN1CCC[C@H]1COC. The molecule has 3 aromatic rings. The highest BCUT2D eigenvalue weighted by molar-refractivity contribution is 7.10. The Hall–Kier alpha value is -3.40. The number of methoxy groups -OCH3 is 1. The van der Waals surface area contributed by atoms with Crippen molar-refractivity contribution in [2.24, 2.45) is 0 Å². The molecule has 55 heavy (non-hydrogen) atoms. The minimum absolute atomic E-state index is 0.00640. The number of alkyl halides is 6. The van der Waals surface area contributed by atoms with Crippen molar-refractivity contribution in [3.05, 3.63) is 80.3 Å². The lowest BCUT2D eigenvalue weighted by Gasteiger charge is -2.51. The van der Waals surface area contributed by atoms with Crippen LogP contribution in [0.1, 0.15) is 96.4 Å². The standard InChI is InChI=1S/C39H45ClF6N4O4S/c1-3-8-32-37(54-28-22-33(55-24-28)39(44,45)46,15-7-19-50(32)35(51)34-30(38(41,42)43)10-4-16-47-34)36(52)49-20-14-25-12-13-26(40)21-29(25)31(49)11-6-18-48-17-5-9-27(48)23-53-2/h4,10,12-13,16,21-22,24,27,31-32H,3,5-9,11,14-15,17-20,23H2,1-2H3/t27-,31-,32+,37-/m0/s1. The second-order valence-corrected chi connectivity index (χ2v) is 15.8. The Morgan fingerprint density at radius 1 is 1.02 bits per heavy atom. The number of amides is 2. The number of aromatic nitrogens is 1. The number of halogens is 7. The molecule has 2 saturated heterocycles. The number of likely N-dealkylation sites (tertiary alicyclic amines) is 2. The van der Waals surface area contributed by atoms with Gasteiger partial charge in [0.1, 0.15) is 16.3 Å². The summed E-state index contributed by atoms with van der Waals surface area (Å²) in [5.41, 5.74) is -2.11. The molecular weight excluding hydrogens is 770 g/mol. The van der Waals surface area contributed by atoms with E-state index in [1.807, 2.05) is 12.1 Å². The molecule has 2 fully saturated rings. The predicted octanol–water partition coefficient (Wildman–Crippen LogP) is 9.07. The van der Waals surface area contributed by atoms with Crippen molar-refractivity contribution in [3.8, 4) is 5.75 Å². The number of nitrogens with zero attached hydrogens (tertiary/aromatic N) is 4. The lowest BCUT2D eigenvalue weighted by molar-refractivity contribution is -0.162. The van der Waals surface area contributed by atoms with Crippen LogP contribution in [0.2, 0.25) is 5.02 Å². The molecule has 16 heteroatoms. The number of pyridine rings is 1. The zero-order valence-corrected chi connectivity index (χ0v) is 32.3. The molecule has 3 aliphatic rings. The van der Waals surface area contributed by atoms with E-state index in [1.54, 1.807) is 25.0 Å². The van der Waals surface area contributed by atoms with Gasteiger partial charge in [-0.3, -0.25) is 19.5 Å². The fraction of sp³-hybridized carbons (Fsp3) is 0.564. The highest BCUT2D eigenvalue weighted by Gasteiger charge is 2.57. The lowest BCUT2D eigenvalue weighted by Crippen LogP contribution is -2.68. The Balaban J connectivity index is 1.42. The minimum atomic E-state index is -4.89. The number of piperidine rings is 1. The van der Waals surface area contributed by atoms with Crippen LogP contribution in [0.5, 0.6) is 5.75 Å². The van der Waals surface area contributed by atoms with E-state index in [1.165, 1.54) is 10.3 Å². The van der Waals surface area contributed by atoms with E-state index in [0.29, 0.717) is 48.6 Å². The van der Waals surface area contributed by atoms with Gasteiger partial charge in [-0.2, -0.15) is 26.3 Å². The van der Waals surface area contributed by atoms with Crippen LogP contribution >= 0.6 is 22.9 Å². The summed E-state index contributed by atoms with van der Waals surface area (Å²) in [6, 6.07) is 6.93. The lowest BCUT2D eigenvalue weighted by atomic mass is 9.78. The molecule has 1 aromatic carbocycles. The van der Waals surface area contributed by atoms with Crippen LogP contribution in [0.3, 0.4) is 0 Å². The van der Waals surface area contributed by atoms with Gasteiger partial charge in [-0.1, -0.05) is 31.0 Å². The molecule has 6 rings (SSSR count). The van der Waals surface area contributed by atoms with Crippen molar-refractivity contribution < 1.29 is 45.4 Å². The number of benzene rings is 1. The molecule has 2 amide bonds. The molecule has 0 bridgehead atoms. The zero-order chi connectivity index (χ0) is 39.5. The fourth-order valence-corrected chi connectivity index (χ4v) is 9.46. The summed E-state index contributed by atoms with van der Waals surface area (Å²) in [7, 11) is 1.68. The second kappa shape index (κ2) is 17.0. The molecule has 0 unspecified atom stereocenters. The molecule has 300 valence electrons. The van der Waals surface area contributed by atoms with Crippen LogP contribution in [0.15, 0.2) is 48.0 Å². The maximum atomic E-state index is 15.5. The van der Waals surface area contributed by atoms with Crippen molar-refractivity contribution in [3.63, 3.8) is 0 Å². The smallest absolute Gasteiger partial charge is 0.425 e. The van der Waals surface area contributed by atoms with E-state index >= 15 is 4.79 Å². The van der Waals surface area contributed by atoms with Gasteiger partial charge in [0.05, 0.1) is 24.3 Å². The van der Waals surface area contributed by atoms with Crippen LogP contribution in [-0.4, -0.2) is 89.1 Å². The monoisotopic (exact) mass is 814 g/mol. The first-order valence-electron chi connectivity index (χ1n) is 18.7. The number of fused-ring (bicyclic) bond motifs is 1. The van der Waals surface area contributed by atoms with Gasteiger partial charge in [-0.05, 0) is 93.4 Å². The number of carbonyl (C=O) groups is 2. The highest BCUT2D eigenvalue weighted by Crippen LogP contribution is 2.45. The molecular formula is C39H45ClF6N4O4S. The number of rotatable bonds is 12. The van der Waals surface area contributed by atoms with Gasteiger partial charge in [-0.25, -0.2) is 0 Å². The van der Waals surface area contributed by atoms with E-state index < -0.39 is 58.0 Å². The van der Waals surface area contributed by atoms with E-state index in [4.69, 9.17) is 21.1 Å².